The van der Waals surface area contributed by atoms with E-state index in [4.69, 9.17) is 0 Å². The van der Waals surface area contributed by atoms with Gasteiger partial charge in [0.25, 0.3) is 5.91 Å². The highest BCUT2D eigenvalue weighted by molar-refractivity contribution is 9.09. The molecule has 2 N–H and O–H groups in total. The molecule has 0 heterocycles. The van der Waals surface area contributed by atoms with Crippen molar-refractivity contribution >= 4 is 21.8 Å². The summed E-state index contributed by atoms with van der Waals surface area (Å²) in [6.07, 6.45) is 2.01. The molecular formula is C14H19BrFNO2. The molecule has 0 aliphatic rings. The summed E-state index contributed by atoms with van der Waals surface area (Å²) >= 11 is 3.53. The lowest BCUT2D eigenvalue weighted by atomic mass is 9.99. The predicted octanol–water partition coefficient (Wildman–Crippen LogP) is 3.46. The Kier molecular flexibility index (Phi) is 6.28. The molecule has 1 atom stereocenters. The van der Waals surface area contributed by atoms with Gasteiger partial charge in [-0.3, -0.25) is 4.79 Å². The van der Waals surface area contributed by atoms with Gasteiger partial charge in [-0.25, -0.2) is 4.39 Å². The summed E-state index contributed by atoms with van der Waals surface area (Å²) in [5.41, 5.74) is -0.299. The molecule has 0 fully saturated rings. The van der Waals surface area contributed by atoms with Crippen molar-refractivity contribution in [3.05, 3.63) is 29.6 Å². The van der Waals surface area contributed by atoms with E-state index in [9.17, 15) is 14.3 Å². The Morgan fingerprint density at radius 3 is 2.58 bits per heavy atom. The number of carbonyl (C=O) groups is 1. The molecule has 1 rings (SSSR count). The Hall–Kier alpha value is -1.10. The Bertz CT molecular complexity index is 415. The SMILES string of the molecule is CCC(CC)C(Br)CNC(=O)c1c(O)cccc1F. The topological polar surface area (TPSA) is 49.3 Å². The van der Waals surface area contributed by atoms with Gasteiger partial charge in [0, 0.05) is 11.4 Å². The summed E-state index contributed by atoms with van der Waals surface area (Å²) in [5, 5.41) is 12.2. The van der Waals surface area contributed by atoms with Gasteiger partial charge >= 0.3 is 0 Å². The summed E-state index contributed by atoms with van der Waals surface area (Å²) < 4.78 is 13.5. The van der Waals surface area contributed by atoms with Crippen molar-refractivity contribution in [2.24, 2.45) is 5.92 Å². The van der Waals surface area contributed by atoms with Crippen LogP contribution in [0.4, 0.5) is 4.39 Å². The first kappa shape index (κ1) is 16.0. The Labute approximate surface area is 121 Å². The first-order chi connectivity index (χ1) is 9.01. The third-order valence-electron chi connectivity index (χ3n) is 3.24. The largest absolute Gasteiger partial charge is 0.507 e. The van der Waals surface area contributed by atoms with Crippen molar-refractivity contribution in [1.82, 2.24) is 5.32 Å². The third kappa shape index (κ3) is 4.20. The van der Waals surface area contributed by atoms with Gasteiger partial charge in [-0.15, -0.1) is 0 Å². The van der Waals surface area contributed by atoms with E-state index < -0.39 is 11.7 Å². The van der Waals surface area contributed by atoms with Gasteiger partial charge in [0.05, 0.1) is 0 Å². The van der Waals surface area contributed by atoms with Crippen LogP contribution in [0.5, 0.6) is 5.75 Å². The van der Waals surface area contributed by atoms with Crippen LogP contribution in [0.25, 0.3) is 0 Å². The van der Waals surface area contributed by atoms with Crippen LogP contribution in [0, 0.1) is 11.7 Å². The number of aromatic hydroxyl groups is 1. The molecule has 106 valence electrons. The molecule has 3 nitrogen and oxygen atoms in total. The molecule has 0 aliphatic heterocycles. The van der Waals surface area contributed by atoms with Crippen molar-refractivity contribution in [3.8, 4) is 5.75 Å². The average Bonchev–Trinajstić information content (AvgIpc) is 2.37. The van der Waals surface area contributed by atoms with Gasteiger partial charge < -0.3 is 10.4 Å². The molecule has 0 spiro atoms. The number of halogens is 2. The van der Waals surface area contributed by atoms with E-state index in [0.717, 1.165) is 18.9 Å². The highest BCUT2D eigenvalue weighted by Crippen LogP contribution is 2.21. The number of benzene rings is 1. The van der Waals surface area contributed by atoms with E-state index in [1.165, 1.54) is 12.1 Å². The van der Waals surface area contributed by atoms with Crippen LogP contribution in [0.2, 0.25) is 0 Å². The number of nitrogens with one attached hydrogen (secondary N) is 1. The fourth-order valence-corrected chi connectivity index (χ4v) is 2.89. The zero-order chi connectivity index (χ0) is 14.4. The molecule has 0 radical (unpaired) electrons. The smallest absolute Gasteiger partial charge is 0.258 e. The van der Waals surface area contributed by atoms with E-state index in [2.05, 4.69) is 35.1 Å². The summed E-state index contributed by atoms with van der Waals surface area (Å²) in [4.78, 5) is 12.0. The molecule has 0 bridgehead atoms. The molecule has 19 heavy (non-hydrogen) atoms. The van der Waals surface area contributed by atoms with Crippen LogP contribution < -0.4 is 5.32 Å². The van der Waals surface area contributed by atoms with Crippen LogP contribution in [-0.4, -0.2) is 22.4 Å². The fraction of sp³-hybridized carbons (Fsp3) is 0.500. The first-order valence-corrected chi connectivity index (χ1v) is 7.32. The minimum Gasteiger partial charge on any atom is -0.507 e. The van der Waals surface area contributed by atoms with Gasteiger partial charge in [0.1, 0.15) is 17.1 Å². The molecule has 0 saturated carbocycles. The molecule has 0 saturated heterocycles. The minimum atomic E-state index is -0.717. The normalized spacial score (nSPS) is 12.5. The predicted molar refractivity (Wildman–Crippen MR) is 77.2 cm³/mol. The second-order valence-corrected chi connectivity index (χ2v) is 5.61. The molecule has 0 aliphatic carbocycles. The van der Waals surface area contributed by atoms with Gasteiger partial charge in [-0.1, -0.05) is 48.7 Å². The van der Waals surface area contributed by atoms with E-state index in [0.29, 0.717) is 12.5 Å². The average molecular weight is 332 g/mol. The molecule has 1 amide bonds. The van der Waals surface area contributed by atoms with E-state index in [-0.39, 0.29) is 16.1 Å². The monoisotopic (exact) mass is 331 g/mol. The first-order valence-electron chi connectivity index (χ1n) is 6.40. The number of hydrogen-bond acceptors (Lipinski definition) is 2. The van der Waals surface area contributed by atoms with Gasteiger partial charge in [0.2, 0.25) is 0 Å². The number of amides is 1. The molecule has 1 aromatic carbocycles. The third-order valence-corrected chi connectivity index (χ3v) is 4.31. The van der Waals surface area contributed by atoms with Crippen molar-refractivity contribution in [2.75, 3.05) is 6.54 Å². The number of hydrogen-bond donors (Lipinski definition) is 2. The maximum atomic E-state index is 13.5. The summed E-state index contributed by atoms with van der Waals surface area (Å²) in [5.74, 6) is -1.20. The Morgan fingerprint density at radius 1 is 1.42 bits per heavy atom. The summed E-state index contributed by atoms with van der Waals surface area (Å²) in [6.45, 7) is 4.58. The van der Waals surface area contributed by atoms with E-state index in [1.807, 2.05) is 0 Å². The van der Waals surface area contributed by atoms with Crippen LogP contribution in [-0.2, 0) is 0 Å². The number of carbonyl (C=O) groups excluding carboxylic acids is 1. The highest BCUT2D eigenvalue weighted by atomic mass is 79.9. The number of phenolic OH excluding ortho intramolecular Hbond substituents is 1. The van der Waals surface area contributed by atoms with Crippen LogP contribution in [0.15, 0.2) is 18.2 Å². The van der Waals surface area contributed by atoms with Crippen LogP contribution in [0.3, 0.4) is 0 Å². The van der Waals surface area contributed by atoms with Gasteiger partial charge in [-0.2, -0.15) is 0 Å². The minimum absolute atomic E-state index is 0.139. The lowest BCUT2D eigenvalue weighted by Gasteiger charge is -2.20. The van der Waals surface area contributed by atoms with Crippen molar-refractivity contribution in [1.29, 1.82) is 0 Å². The number of rotatable bonds is 6. The Balaban J connectivity index is 2.66. The fourth-order valence-electron chi connectivity index (χ4n) is 1.98. The summed E-state index contributed by atoms with van der Waals surface area (Å²) in [6, 6.07) is 3.81. The van der Waals surface area contributed by atoms with Crippen molar-refractivity contribution < 1.29 is 14.3 Å². The van der Waals surface area contributed by atoms with E-state index >= 15 is 0 Å². The van der Waals surface area contributed by atoms with Crippen molar-refractivity contribution in [3.63, 3.8) is 0 Å². The van der Waals surface area contributed by atoms with Crippen LogP contribution in [0.1, 0.15) is 37.0 Å². The quantitative estimate of drug-likeness (QED) is 0.784. The second-order valence-electron chi connectivity index (χ2n) is 4.44. The van der Waals surface area contributed by atoms with E-state index in [1.54, 1.807) is 0 Å². The lowest BCUT2D eigenvalue weighted by molar-refractivity contribution is 0.0945. The number of phenols is 1. The zero-order valence-electron chi connectivity index (χ0n) is 11.1. The van der Waals surface area contributed by atoms with Gasteiger partial charge in [0.15, 0.2) is 0 Å². The highest BCUT2D eigenvalue weighted by Gasteiger charge is 2.19. The summed E-state index contributed by atoms with van der Waals surface area (Å²) in [7, 11) is 0. The number of alkyl halides is 1. The molecule has 1 aromatic rings. The maximum Gasteiger partial charge on any atom is 0.258 e. The Morgan fingerprint density at radius 2 is 2.05 bits per heavy atom. The van der Waals surface area contributed by atoms with Gasteiger partial charge in [-0.05, 0) is 18.1 Å². The second kappa shape index (κ2) is 7.48. The molecule has 5 heteroatoms. The lowest BCUT2D eigenvalue weighted by Crippen LogP contribution is -2.33. The standard InChI is InChI=1S/C14H19BrFNO2/c1-3-9(4-2)10(15)8-17-14(19)13-11(16)6-5-7-12(13)18/h5-7,9-10,18H,3-4,8H2,1-2H3,(H,17,19). The zero-order valence-corrected chi connectivity index (χ0v) is 12.7. The molecule has 0 aromatic heterocycles. The van der Waals surface area contributed by atoms with Crippen molar-refractivity contribution in [2.45, 2.75) is 31.5 Å². The maximum absolute atomic E-state index is 13.5. The van der Waals surface area contributed by atoms with Crippen LogP contribution >= 0.6 is 15.9 Å². The molecular weight excluding hydrogens is 313 g/mol. The molecule has 1 unspecified atom stereocenters.